The van der Waals surface area contributed by atoms with Crippen LogP contribution in [0.3, 0.4) is 0 Å². The fourth-order valence-electron chi connectivity index (χ4n) is 3.36. The Bertz CT molecular complexity index is 831. The first-order chi connectivity index (χ1) is 13.9. The Hall–Kier alpha value is -2.47. The van der Waals surface area contributed by atoms with Gasteiger partial charge in [0, 0.05) is 51.0 Å². The average molecular weight is 413 g/mol. The smallest absolute Gasteiger partial charge is 0.416 e. The fourth-order valence-corrected chi connectivity index (χ4v) is 3.36. The number of aromatic nitrogens is 4. The molecule has 0 unspecified atom stereocenters. The molecular formula is C17H22F3N7O2. The molecule has 29 heavy (non-hydrogen) atoms. The molecule has 12 heteroatoms. The molecule has 158 valence electrons. The van der Waals surface area contributed by atoms with Crippen LogP contribution in [-0.2, 0) is 17.5 Å². The predicted molar refractivity (Wildman–Crippen MR) is 96.6 cm³/mol. The lowest BCUT2D eigenvalue weighted by Gasteiger charge is -2.35. The van der Waals surface area contributed by atoms with Crippen molar-refractivity contribution in [3.63, 3.8) is 0 Å². The monoisotopic (exact) mass is 413 g/mol. The van der Waals surface area contributed by atoms with Crippen molar-refractivity contribution in [1.82, 2.24) is 25.1 Å². The Balaban J connectivity index is 1.37. The third-order valence-electron chi connectivity index (χ3n) is 4.89. The molecule has 2 aromatic heterocycles. The molecule has 0 aliphatic carbocycles. The molecule has 2 aliphatic rings. The number of piperazine rings is 1. The SMILES string of the molecule is Cc1cc(N2CCN(Cc3nnc(C(F)(F)F)o3)CC2)nc(N2CCOCC2)n1. The number of ether oxygens (including phenoxy) is 1. The first-order valence-corrected chi connectivity index (χ1v) is 9.44. The zero-order chi connectivity index (χ0) is 20.4. The van der Waals surface area contributed by atoms with Crippen LogP contribution >= 0.6 is 0 Å². The third kappa shape index (κ3) is 4.75. The molecule has 0 radical (unpaired) electrons. The van der Waals surface area contributed by atoms with Crippen molar-refractivity contribution in [3.05, 3.63) is 23.5 Å². The number of halogens is 3. The van der Waals surface area contributed by atoms with Gasteiger partial charge in [-0.1, -0.05) is 0 Å². The van der Waals surface area contributed by atoms with Gasteiger partial charge in [-0.3, -0.25) is 4.90 Å². The highest BCUT2D eigenvalue weighted by atomic mass is 19.4. The van der Waals surface area contributed by atoms with Gasteiger partial charge in [-0.15, -0.1) is 10.2 Å². The van der Waals surface area contributed by atoms with E-state index >= 15 is 0 Å². The van der Waals surface area contributed by atoms with Crippen LogP contribution in [0.1, 0.15) is 17.5 Å². The molecule has 4 rings (SSSR count). The summed E-state index contributed by atoms with van der Waals surface area (Å²) in [4.78, 5) is 15.5. The van der Waals surface area contributed by atoms with E-state index in [1.54, 1.807) is 0 Å². The van der Waals surface area contributed by atoms with Gasteiger partial charge in [0.05, 0.1) is 19.8 Å². The van der Waals surface area contributed by atoms with E-state index in [4.69, 9.17) is 14.1 Å². The van der Waals surface area contributed by atoms with E-state index in [-0.39, 0.29) is 12.4 Å². The largest absolute Gasteiger partial charge is 0.470 e. The standard InChI is InChI=1S/C17H22F3N7O2/c1-12-10-13(22-16(21-12)27-6-8-28-9-7-27)26-4-2-25(3-5-26)11-14-23-24-15(29-14)17(18,19)20/h10H,2-9,11H2,1H3. The minimum Gasteiger partial charge on any atom is -0.416 e. The van der Waals surface area contributed by atoms with Crippen molar-refractivity contribution in [3.8, 4) is 0 Å². The highest BCUT2D eigenvalue weighted by molar-refractivity contribution is 5.46. The number of alkyl halides is 3. The summed E-state index contributed by atoms with van der Waals surface area (Å²) in [5.74, 6) is 0.226. The second-order valence-corrected chi connectivity index (χ2v) is 7.03. The number of nitrogens with zero attached hydrogens (tertiary/aromatic N) is 7. The number of aryl methyl sites for hydroxylation is 1. The van der Waals surface area contributed by atoms with Gasteiger partial charge < -0.3 is 19.0 Å². The maximum Gasteiger partial charge on any atom is 0.470 e. The quantitative estimate of drug-likeness (QED) is 0.737. The lowest BCUT2D eigenvalue weighted by atomic mass is 10.3. The molecule has 0 aromatic carbocycles. The highest BCUT2D eigenvalue weighted by Crippen LogP contribution is 2.28. The summed E-state index contributed by atoms with van der Waals surface area (Å²) in [5.41, 5.74) is 0.893. The van der Waals surface area contributed by atoms with Crippen molar-refractivity contribution in [2.45, 2.75) is 19.6 Å². The van der Waals surface area contributed by atoms with Gasteiger partial charge in [-0.2, -0.15) is 18.2 Å². The number of anilines is 2. The topological polar surface area (TPSA) is 83.7 Å². The summed E-state index contributed by atoms with van der Waals surface area (Å²) in [7, 11) is 0. The normalized spacial score (nSPS) is 19.0. The van der Waals surface area contributed by atoms with Gasteiger partial charge in [0.1, 0.15) is 5.82 Å². The Morgan fingerprint density at radius 1 is 0.966 bits per heavy atom. The van der Waals surface area contributed by atoms with E-state index in [2.05, 4.69) is 25.0 Å². The fraction of sp³-hybridized carbons (Fsp3) is 0.647. The summed E-state index contributed by atoms with van der Waals surface area (Å²) in [5, 5.41) is 6.57. The summed E-state index contributed by atoms with van der Waals surface area (Å²) < 4.78 is 47.8. The maximum absolute atomic E-state index is 12.6. The predicted octanol–water partition coefficient (Wildman–Crippen LogP) is 1.35. The molecule has 4 heterocycles. The molecule has 9 nitrogen and oxygen atoms in total. The minimum atomic E-state index is -4.62. The average Bonchev–Trinajstić information content (AvgIpc) is 3.18. The maximum atomic E-state index is 12.6. The van der Waals surface area contributed by atoms with Gasteiger partial charge in [-0.25, -0.2) is 4.98 Å². The summed E-state index contributed by atoms with van der Waals surface area (Å²) >= 11 is 0. The zero-order valence-electron chi connectivity index (χ0n) is 16.0. The summed E-state index contributed by atoms with van der Waals surface area (Å²) in [6, 6.07) is 1.95. The highest BCUT2D eigenvalue weighted by Gasteiger charge is 2.38. The zero-order valence-corrected chi connectivity index (χ0v) is 16.0. The van der Waals surface area contributed by atoms with E-state index < -0.39 is 12.1 Å². The van der Waals surface area contributed by atoms with Crippen molar-refractivity contribution < 1.29 is 22.3 Å². The molecule has 2 saturated heterocycles. The van der Waals surface area contributed by atoms with Crippen molar-refractivity contribution in [1.29, 1.82) is 0 Å². The van der Waals surface area contributed by atoms with E-state index in [0.717, 1.165) is 24.6 Å². The van der Waals surface area contributed by atoms with Crippen LogP contribution in [0.2, 0.25) is 0 Å². The number of hydrogen-bond acceptors (Lipinski definition) is 9. The Labute approximate surface area is 165 Å². The van der Waals surface area contributed by atoms with Gasteiger partial charge >= 0.3 is 12.1 Å². The Morgan fingerprint density at radius 2 is 1.69 bits per heavy atom. The van der Waals surface area contributed by atoms with Gasteiger partial charge in [-0.05, 0) is 6.92 Å². The van der Waals surface area contributed by atoms with Crippen LogP contribution in [0.15, 0.2) is 10.5 Å². The van der Waals surface area contributed by atoms with E-state index in [1.807, 2.05) is 17.9 Å². The van der Waals surface area contributed by atoms with Gasteiger partial charge in [0.15, 0.2) is 0 Å². The Morgan fingerprint density at radius 3 is 2.34 bits per heavy atom. The van der Waals surface area contributed by atoms with Crippen LogP contribution in [0.4, 0.5) is 24.9 Å². The van der Waals surface area contributed by atoms with E-state index in [9.17, 15) is 13.2 Å². The van der Waals surface area contributed by atoms with E-state index in [1.165, 1.54) is 0 Å². The van der Waals surface area contributed by atoms with Crippen LogP contribution in [0.5, 0.6) is 0 Å². The Kier molecular flexibility index (Phi) is 5.54. The molecule has 0 bridgehead atoms. The number of morpholine rings is 1. The second-order valence-electron chi connectivity index (χ2n) is 7.03. The molecule has 0 N–H and O–H groups in total. The van der Waals surface area contributed by atoms with Gasteiger partial charge in [0.2, 0.25) is 11.8 Å². The number of hydrogen-bond donors (Lipinski definition) is 0. The van der Waals surface area contributed by atoms with Gasteiger partial charge in [0.25, 0.3) is 0 Å². The molecule has 2 fully saturated rings. The summed E-state index contributed by atoms with van der Waals surface area (Å²) in [6.45, 7) is 7.69. The van der Waals surface area contributed by atoms with Crippen LogP contribution < -0.4 is 9.80 Å². The molecule has 0 spiro atoms. The van der Waals surface area contributed by atoms with Crippen LogP contribution in [0.25, 0.3) is 0 Å². The number of rotatable bonds is 4. The second kappa shape index (κ2) is 8.11. The van der Waals surface area contributed by atoms with Crippen LogP contribution in [0, 0.1) is 6.92 Å². The van der Waals surface area contributed by atoms with Crippen LogP contribution in [-0.4, -0.2) is 77.5 Å². The van der Waals surface area contributed by atoms with Crippen molar-refractivity contribution in [2.75, 3.05) is 62.3 Å². The van der Waals surface area contributed by atoms with Crippen molar-refractivity contribution >= 4 is 11.8 Å². The molecule has 2 aromatic rings. The third-order valence-corrected chi connectivity index (χ3v) is 4.89. The van der Waals surface area contributed by atoms with E-state index in [0.29, 0.717) is 45.3 Å². The molecule has 0 atom stereocenters. The first kappa shape index (κ1) is 19.8. The minimum absolute atomic E-state index is 0.0294. The lowest BCUT2D eigenvalue weighted by molar-refractivity contribution is -0.157. The summed E-state index contributed by atoms with van der Waals surface area (Å²) in [6.07, 6.45) is -4.62. The first-order valence-electron chi connectivity index (χ1n) is 9.44. The molecular weight excluding hydrogens is 391 g/mol. The molecule has 0 amide bonds. The molecule has 0 saturated carbocycles. The van der Waals surface area contributed by atoms with Crippen molar-refractivity contribution in [2.24, 2.45) is 0 Å². The molecule has 2 aliphatic heterocycles. The lowest BCUT2D eigenvalue weighted by Crippen LogP contribution is -2.46.